The first-order valence-corrected chi connectivity index (χ1v) is 6.63. The fourth-order valence-electron chi connectivity index (χ4n) is 1.67. The molecule has 7 nitrogen and oxygen atoms in total. The summed E-state index contributed by atoms with van der Waals surface area (Å²) in [5, 5.41) is 22.4. The highest BCUT2D eigenvalue weighted by Crippen LogP contribution is 2.22. The zero-order chi connectivity index (χ0) is 15.4. The Bertz CT molecular complexity index is 710. The van der Waals surface area contributed by atoms with Crippen LogP contribution in [0.1, 0.15) is 15.2 Å². The number of nitro groups is 1. The van der Waals surface area contributed by atoms with E-state index in [9.17, 15) is 19.7 Å². The standard InChI is InChI=1S/C13H10N2O5S/c16-11(14-12-5-4-10(21-12)13(17)18)7-8-2-1-3-9(6-8)15(19)20/h1-6H,7H2,(H,14,16)(H,17,18). The van der Waals surface area contributed by atoms with E-state index in [0.29, 0.717) is 10.6 Å². The van der Waals surface area contributed by atoms with Crippen molar-refractivity contribution in [2.24, 2.45) is 0 Å². The second kappa shape index (κ2) is 6.14. The molecule has 8 heteroatoms. The molecule has 0 atom stereocenters. The van der Waals surface area contributed by atoms with Crippen LogP contribution in [-0.4, -0.2) is 21.9 Å². The highest BCUT2D eigenvalue weighted by atomic mass is 32.1. The van der Waals surface area contributed by atoms with Crippen LogP contribution in [0.5, 0.6) is 0 Å². The summed E-state index contributed by atoms with van der Waals surface area (Å²) in [4.78, 5) is 32.8. The minimum absolute atomic E-state index is 0.0258. The summed E-state index contributed by atoms with van der Waals surface area (Å²) in [6.07, 6.45) is -0.0258. The molecule has 2 rings (SSSR count). The SMILES string of the molecule is O=C(Cc1cccc([N+](=O)[O-])c1)Nc1ccc(C(=O)O)s1. The maximum Gasteiger partial charge on any atom is 0.345 e. The molecular formula is C13H10N2O5S. The molecule has 2 aromatic rings. The molecule has 108 valence electrons. The van der Waals surface area contributed by atoms with Gasteiger partial charge in [-0.15, -0.1) is 11.3 Å². The third-order valence-corrected chi connectivity index (χ3v) is 3.55. The topological polar surface area (TPSA) is 110 Å². The van der Waals surface area contributed by atoms with E-state index in [4.69, 9.17) is 5.11 Å². The lowest BCUT2D eigenvalue weighted by atomic mass is 10.1. The first-order chi connectivity index (χ1) is 9.95. The lowest BCUT2D eigenvalue weighted by Crippen LogP contribution is -2.13. The number of rotatable bonds is 5. The van der Waals surface area contributed by atoms with Crippen LogP contribution >= 0.6 is 11.3 Å². The van der Waals surface area contributed by atoms with Gasteiger partial charge in [0, 0.05) is 12.1 Å². The van der Waals surface area contributed by atoms with Gasteiger partial charge in [0.1, 0.15) is 4.88 Å². The molecule has 0 unspecified atom stereocenters. The Labute approximate surface area is 123 Å². The first-order valence-electron chi connectivity index (χ1n) is 5.82. The van der Waals surface area contributed by atoms with Crippen LogP contribution in [0.2, 0.25) is 0 Å². The molecule has 1 heterocycles. The molecule has 0 radical (unpaired) electrons. The van der Waals surface area contributed by atoms with Crippen molar-refractivity contribution in [2.75, 3.05) is 5.32 Å². The number of nitro benzene ring substituents is 1. The van der Waals surface area contributed by atoms with Crippen molar-refractivity contribution in [3.05, 3.63) is 57.0 Å². The van der Waals surface area contributed by atoms with E-state index in [1.165, 1.54) is 30.3 Å². The molecule has 1 amide bonds. The van der Waals surface area contributed by atoms with Gasteiger partial charge in [-0.2, -0.15) is 0 Å². The van der Waals surface area contributed by atoms with Gasteiger partial charge in [-0.05, 0) is 17.7 Å². The Hall–Kier alpha value is -2.74. The molecule has 1 aromatic carbocycles. The van der Waals surface area contributed by atoms with E-state index in [1.807, 2.05) is 0 Å². The fourth-order valence-corrected chi connectivity index (χ4v) is 2.43. The molecule has 0 saturated heterocycles. The second-order valence-corrected chi connectivity index (χ2v) is 5.20. The number of aromatic carboxylic acids is 1. The number of thiophene rings is 1. The number of anilines is 1. The molecule has 1 aromatic heterocycles. The van der Waals surface area contributed by atoms with E-state index < -0.39 is 10.9 Å². The lowest BCUT2D eigenvalue weighted by molar-refractivity contribution is -0.384. The molecule has 0 aliphatic heterocycles. The first kappa shape index (κ1) is 14.7. The molecule has 2 N–H and O–H groups in total. The predicted octanol–water partition coefficient (Wildman–Crippen LogP) is 2.54. The van der Waals surface area contributed by atoms with Gasteiger partial charge in [0.25, 0.3) is 5.69 Å². The number of non-ortho nitro benzene ring substituents is 1. The summed E-state index contributed by atoms with van der Waals surface area (Å²) >= 11 is 0.948. The van der Waals surface area contributed by atoms with Crippen molar-refractivity contribution in [3.63, 3.8) is 0 Å². The second-order valence-electron chi connectivity index (χ2n) is 4.12. The van der Waals surface area contributed by atoms with Crippen molar-refractivity contribution in [1.29, 1.82) is 0 Å². The summed E-state index contributed by atoms with van der Waals surface area (Å²) in [6.45, 7) is 0. The van der Waals surface area contributed by atoms with Crippen molar-refractivity contribution in [1.82, 2.24) is 0 Å². The maximum absolute atomic E-state index is 11.8. The van der Waals surface area contributed by atoms with E-state index in [0.717, 1.165) is 11.3 Å². The number of hydrogen-bond donors (Lipinski definition) is 2. The van der Waals surface area contributed by atoms with E-state index >= 15 is 0 Å². The van der Waals surface area contributed by atoms with E-state index in [2.05, 4.69) is 5.32 Å². The summed E-state index contributed by atoms with van der Waals surface area (Å²) in [6, 6.07) is 8.70. The Kier molecular flexibility index (Phi) is 4.29. The monoisotopic (exact) mass is 306 g/mol. The third-order valence-electron chi connectivity index (χ3n) is 2.57. The Morgan fingerprint density at radius 2 is 2.05 bits per heavy atom. The number of benzene rings is 1. The van der Waals surface area contributed by atoms with Crippen LogP contribution in [0.25, 0.3) is 0 Å². The molecule has 0 aliphatic carbocycles. The highest BCUT2D eigenvalue weighted by molar-refractivity contribution is 7.18. The van der Waals surface area contributed by atoms with Crippen LogP contribution in [-0.2, 0) is 11.2 Å². The predicted molar refractivity (Wildman–Crippen MR) is 76.7 cm³/mol. The molecular weight excluding hydrogens is 296 g/mol. The third kappa shape index (κ3) is 3.86. The summed E-state index contributed by atoms with van der Waals surface area (Å²) in [5.41, 5.74) is 0.432. The summed E-state index contributed by atoms with van der Waals surface area (Å²) < 4.78 is 0. The number of nitrogens with one attached hydrogen (secondary N) is 1. The quantitative estimate of drug-likeness (QED) is 0.651. The van der Waals surface area contributed by atoms with Gasteiger partial charge in [-0.1, -0.05) is 12.1 Å². The molecule has 0 saturated carbocycles. The Morgan fingerprint density at radius 3 is 2.67 bits per heavy atom. The minimum Gasteiger partial charge on any atom is -0.477 e. The van der Waals surface area contributed by atoms with Gasteiger partial charge >= 0.3 is 5.97 Å². The smallest absolute Gasteiger partial charge is 0.345 e. The maximum atomic E-state index is 11.8. The lowest BCUT2D eigenvalue weighted by Gasteiger charge is -2.02. The average molecular weight is 306 g/mol. The average Bonchev–Trinajstić information content (AvgIpc) is 2.87. The van der Waals surface area contributed by atoms with Crippen molar-refractivity contribution < 1.29 is 19.6 Å². The van der Waals surface area contributed by atoms with Gasteiger partial charge < -0.3 is 10.4 Å². The number of amides is 1. The number of carboxylic acids is 1. The number of hydrogen-bond acceptors (Lipinski definition) is 5. The molecule has 21 heavy (non-hydrogen) atoms. The van der Waals surface area contributed by atoms with Gasteiger partial charge in [0.2, 0.25) is 5.91 Å². The van der Waals surface area contributed by atoms with Gasteiger partial charge in [0.05, 0.1) is 16.3 Å². The zero-order valence-electron chi connectivity index (χ0n) is 10.6. The Balaban J connectivity index is 2.02. The molecule has 0 aliphatic rings. The van der Waals surface area contributed by atoms with E-state index in [-0.39, 0.29) is 22.9 Å². The van der Waals surface area contributed by atoms with Gasteiger partial charge in [0.15, 0.2) is 0 Å². The van der Waals surface area contributed by atoms with Crippen LogP contribution in [0, 0.1) is 10.1 Å². The van der Waals surface area contributed by atoms with Crippen molar-refractivity contribution >= 4 is 33.9 Å². The van der Waals surface area contributed by atoms with Crippen molar-refractivity contribution in [2.45, 2.75) is 6.42 Å². The molecule has 0 spiro atoms. The highest BCUT2D eigenvalue weighted by Gasteiger charge is 2.11. The minimum atomic E-state index is -1.06. The summed E-state index contributed by atoms with van der Waals surface area (Å²) in [7, 11) is 0. The normalized spacial score (nSPS) is 10.1. The van der Waals surface area contributed by atoms with Crippen LogP contribution < -0.4 is 5.32 Å². The number of carbonyl (C=O) groups excluding carboxylic acids is 1. The number of carbonyl (C=O) groups is 2. The van der Waals surface area contributed by atoms with Crippen LogP contribution in [0.4, 0.5) is 10.7 Å². The van der Waals surface area contributed by atoms with Gasteiger partial charge in [-0.3, -0.25) is 14.9 Å². The number of nitrogens with zero attached hydrogens (tertiary/aromatic N) is 1. The number of carboxylic acid groups (broad SMARTS) is 1. The molecule has 0 fully saturated rings. The van der Waals surface area contributed by atoms with Crippen LogP contribution in [0.3, 0.4) is 0 Å². The summed E-state index contributed by atoms with van der Waals surface area (Å²) in [5.74, 6) is -1.42. The Morgan fingerprint density at radius 1 is 1.29 bits per heavy atom. The van der Waals surface area contributed by atoms with Crippen molar-refractivity contribution in [3.8, 4) is 0 Å². The van der Waals surface area contributed by atoms with Crippen LogP contribution in [0.15, 0.2) is 36.4 Å². The largest absolute Gasteiger partial charge is 0.477 e. The van der Waals surface area contributed by atoms with E-state index in [1.54, 1.807) is 6.07 Å². The zero-order valence-corrected chi connectivity index (χ0v) is 11.4. The molecule has 0 bridgehead atoms. The fraction of sp³-hybridized carbons (Fsp3) is 0.0769. The van der Waals surface area contributed by atoms with Gasteiger partial charge in [-0.25, -0.2) is 4.79 Å².